The van der Waals surface area contributed by atoms with E-state index < -0.39 is 0 Å². The van der Waals surface area contributed by atoms with Gasteiger partial charge in [-0.15, -0.1) is 0 Å². The van der Waals surface area contributed by atoms with Crippen molar-refractivity contribution in [1.82, 2.24) is 4.98 Å². The zero-order chi connectivity index (χ0) is 13.9. The van der Waals surface area contributed by atoms with E-state index >= 15 is 0 Å². The third-order valence-corrected chi connectivity index (χ3v) is 3.78. The number of nitrogens with one attached hydrogen (secondary N) is 1. The highest BCUT2D eigenvalue weighted by atomic mass is 35.5. The number of aromatic nitrogens is 1. The highest BCUT2D eigenvalue weighted by Gasteiger charge is 2.05. The van der Waals surface area contributed by atoms with Crippen molar-refractivity contribution in [1.29, 1.82) is 0 Å². The minimum absolute atomic E-state index is 0.731. The van der Waals surface area contributed by atoms with Crippen LogP contribution in [-0.4, -0.2) is 4.98 Å². The molecule has 2 nitrogen and oxygen atoms in total. The molecule has 0 radical (unpaired) electrons. The molecule has 20 heavy (non-hydrogen) atoms. The number of anilines is 1. The van der Waals surface area contributed by atoms with E-state index in [1.165, 1.54) is 11.1 Å². The van der Waals surface area contributed by atoms with Gasteiger partial charge in [-0.2, -0.15) is 0 Å². The molecule has 3 rings (SSSR count). The zero-order valence-electron chi connectivity index (χ0n) is 11.2. The molecule has 0 aliphatic carbocycles. The van der Waals surface area contributed by atoms with Gasteiger partial charge >= 0.3 is 0 Å². The molecule has 0 bridgehead atoms. The number of benzene rings is 2. The SMILES string of the molecule is Cc1ccccc1CNc1ccc(Cl)c2cccnc12. The van der Waals surface area contributed by atoms with Crippen molar-refractivity contribution in [2.24, 2.45) is 0 Å². The summed E-state index contributed by atoms with van der Waals surface area (Å²) >= 11 is 6.20. The van der Waals surface area contributed by atoms with Crippen LogP contribution in [0.2, 0.25) is 5.02 Å². The van der Waals surface area contributed by atoms with Gasteiger partial charge in [0.25, 0.3) is 0 Å². The van der Waals surface area contributed by atoms with E-state index in [4.69, 9.17) is 11.6 Å². The Morgan fingerprint density at radius 2 is 1.90 bits per heavy atom. The summed E-state index contributed by atoms with van der Waals surface area (Å²) in [5, 5.41) is 5.16. The summed E-state index contributed by atoms with van der Waals surface area (Å²) in [5.41, 5.74) is 4.49. The van der Waals surface area contributed by atoms with Crippen molar-refractivity contribution in [2.75, 3.05) is 5.32 Å². The van der Waals surface area contributed by atoms with Crippen molar-refractivity contribution in [3.8, 4) is 0 Å². The quantitative estimate of drug-likeness (QED) is 0.746. The summed E-state index contributed by atoms with van der Waals surface area (Å²) in [5.74, 6) is 0. The fourth-order valence-corrected chi connectivity index (χ4v) is 2.49. The molecule has 1 N–H and O–H groups in total. The van der Waals surface area contributed by atoms with Crippen LogP contribution in [0.5, 0.6) is 0 Å². The molecule has 1 heterocycles. The van der Waals surface area contributed by atoms with Crippen molar-refractivity contribution >= 4 is 28.2 Å². The summed E-state index contributed by atoms with van der Waals surface area (Å²) < 4.78 is 0. The Hall–Kier alpha value is -2.06. The van der Waals surface area contributed by atoms with Crippen LogP contribution in [-0.2, 0) is 6.54 Å². The lowest BCUT2D eigenvalue weighted by atomic mass is 10.1. The average molecular weight is 283 g/mol. The molecule has 0 aliphatic heterocycles. The van der Waals surface area contributed by atoms with Crippen LogP contribution in [0, 0.1) is 6.92 Å². The predicted molar refractivity (Wildman–Crippen MR) is 85.3 cm³/mol. The first-order valence-corrected chi connectivity index (χ1v) is 6.95. The molecule has 0 atom stereocenters. The van der Waals surface area contributed by atoms with Gasteiger partial charge in [0, 0.05) is 18.1 Å². The Balaban J connectivity index is 1.92. The topological polar surface area (TPSA) is 24.9 Å². The minimum atomic E-state index is 0.731. The maximum atomic E-state index is 6.20. The molecule has 0 saturated carbocycles. The first-order chi connectivity index (χ1) is 9.75. The number of fused-ring (bicyclic) bond motifs is 1. The number of rotatable bonds is 3. The van der Waals surface area contributed by atoms with Gasteiger partial charge in [-0.3, -0.25) is 4.98 Å². The monoisotopic (exact) mass is 282 g/mol. The number of nitrogens with zero attached hydrogens (tertiary/aromatic N) is 1. The van der Waals surface area contributed by atoms with Crippen LogP contribution < -0.4 is 5.32 Å². The second kappa shape index (κ2) is 5.51. The molecule has 0 saturated heterocycles. The summed E-state index contributed by atoms with van der Waals surface area (Å²) in [6, 6.07) is 16.1. The normalized spacial score (nSPS) is 10.7. The fourth-order valence-electron chi connectivity index (χ4n) is 2.28. The third kappa shape index (κ3) is 2.47. The first kappa shape index (κ1) is 12.9. The van der Waals surface area contributed by atoms with E-state index in [0.29, 0.717) is 0 Å². The number of aryl methyl sites for hydroxylation is 1. The zero-order valence-corrected chi connectivity index (χ0v) is 12.0. The molecule has 100 valence electrons. The molecular formula is C17H15ClN2. The molecular weight excluding hydrogens is 268 g/mol. The smallest absolute Gasteiger partial charge is 0.0948 e. The van der Waals surface area contributed by atoms with Gasteiger partial charge in [0.1, 0.15) is 0 Å². The van der Waals surface area contributed by atoms with Crippen molar-refractivity contribution in [2.45, 2.75) is 13.5 Å². The molecule has 0 aliphatic rings. The Kier molecular flexibility index (Phi) is 3.57. The van der Waals surface area contributed by atoms with Crippen LogP contribution in [0.3, 0.4) is 0 Å². The average Bonchev–Trinajstić information content (AvgIpc) is 2.48. The molecule has 0 amide bonds. The molecule has 0 fully saturated rings. The maximum absolute atomic E-state index is 6.20. The summed E-state index contributed by atoms with van der Waals surface area (Å²) in [7, 11) is 0. The molecule has 0 unspecified atom stereocenters. The van der Waals surface area contributed by atoms with Gasteiger partial charge in [-0.05, 0) is 42.3 Å². The van der Waals surface area contributed by atoms with Crippen LogP contribution in [0.25, 0.3) is 10.9 Å². The number of hydrogen-bond donors (Lipinski definition) is 1. The molecule has 3 heteroatoms. The van der Waals surface area contributed by atoms with Crippen LogP contribution in [0.4, 0.5) is 5.69 Å². The predicted octanol–water partition coefficient (Wildman–Crippen LogP) is 4.81. The van der Waals surface area contributed by atoms with Crippen LogP contribution >= 0.6 is 11.6 Å². The van der Waals surface area contributed by atoms with Gasteiger partial charge in [-0.1, -0.05) is 35.9 Å². The largest absolute Gasteiger partial charge is 0.379 e. The standard InChI is InChI=1S/C17H15ClN2/c1-12-5-2-3-6-13(12)11-20-16-9-8-15(18)14-7-4-10-19-17(14)16/h2-10,20H,11H2,1H3. The molecule has 2 aromatic carbocycles. The van der Waals surface area contributed by atoms with E-state index in [1.54, 1.807) is 6.20 Å². The third-order valence-electron chi connectivity index (χ3n) is 3.45. The summed E-state index contributed by atoms with van der Waals surface area (Å²) in [4.78, 5) is 4.43. The number of hydrogen-bond acceptors (Lipinski definition) is 2. The van der Waals surface area contributed by atoms with E-state index in [9.17, 15) is 0 Å². The Bertz CT molecular complexity index is 753. The van der Waals surface area contributed by atoms with E-state index in [0.717, 1.165) is 28.2 Å². The lowest BCUT2D eigenvalue weighted by Gasteiger charge is -2.11. The Morgan fingerprint density at radius 1 is 1.05 bits per heavy atom. The fraction of sp³-hybridized carbons (Fsp3) is 0.118. The Labute approximate surface area is 123 Å². The highest BCUT2D eigenvalue weighted by Crippen LogP contribution is 2.28. The molecule has 1 aromatic heterocycles. The maximum Gasteiger partial charge on any atom is 0.0948 e. The van der Waals surface area contributed by atoms with Gasteiger partial charge < -0.3 is 5.32 Å². The van der Waals surface area contributed by atoms with E-state index in [-0.39, 0.29) is 0 Å². The highest BCUT2D eigenvalue weighted by molar-refractivity contribution is 6.35. The Morgan fingerprint density at radius 3 is 2.75 bits per heavy atom. The second-order valence-electron chi connectivity index (χ2n) is 4.77. The molecule has 0 spiro atoms. The van der Waals surface area contributed by atoms with Gasteiger partial charge in [0.15, 0.2) is 0 Å². The molecule has 3 aromatic rings. The van der Waals surface area contributed by atoms with E-state index in [1.807, 2.05) is 24.3 Å². The summed E-state index contributed by atoms with van der Waals surface area (Å²) in [6.45, 7) is 2.90. The van der Waals surface area contributed by atoms with E-state index in [2.05, 4.69) is 41.5 Å². The lowest BCUT2D eigenvalue weighted by Crippen LogP contribution is -2.02. The van der Waals surface area contributed by atoms with Crippen molar-refractivity contribution in [3.05, 3.63) is 70.9 Å². The van der Waals surface area contributed by atoms with Crippen LogP contribution in [0.1, 0.15) is 11.1 Å². The van der Waals surface area contributed by atoms with Crippen molar-refractivity contribution < 1.29 is 0 Å². The van der Waals surface area contributed by atoms with Crippen LogP contribution in [0.15, 0.2) is 54.7 Å². The lowest BCUT2D eigenvalue weighted by molar-refractivity contribution is 1.12. The summed E-state index contributed by atoms with van der Waals surface area (Å²) in [6.07, 6.45) is 1.79. The van der Waals surface area contributed by atoms with Gasteiger partial charge in [0.05, 0.1) is 16.2 Å². The minimum Gasteiger partial charge on any atom is -0.379 e. The van der Waals surface area contributed by atoms with Gasteiger partial charge in [-0.25, -0.2) is 0 Å². The van der Waals surface area contributed by atoms with Gasteiger partial charge in [0.2, 0.25) is 0 Å². The number of halogens is 1. The second-order valence-corrected chi connectivity index (χ2v) is 5.18. The van der Waals surface area contributed by atoms with Crippen molar-refractivity contribution in [3.63, 3.8) is 0 Å². The first-order valence-electron chi connectivity index (χ1n) is 6.57. The number of pyridine rings is 1.